The first-order chi connectivity index (χ1) is 7.19. The lowest BCUT2D eigenvalue weighted by atomic mass is 10.1. The summed E-state index contributed by atoms with van der Waals surface area (Å²) < 4.78 is 5.22. The predicted octanol–water partition coefficient (Wildman–Crippen LogP) is 0.952. The van der Waals surface area contributed by atoms with Crippen LogP contribution in [-0.2, 0) is 4.74 Å². The molecule has 0 saturated heterocycles. The molecule has 0 fully saturated rings. The van der Waals surface area contributed by atoms with Gasteiger partial charge in [-0.2, -0.15) is 0 Å². The van der Waals surface area contributed by atoms with Crippen molar-refractivity contribution in [2.24, 2.45) is 5.73 Å². The van der Waals surface area contributed by atoms with E-state index in [1.54, 1.807) is 7.05 Å². The van der Waals surface area contributed by atoms with Gasteiger partial charge in [0.25, 0.3) is 0 Å². The third kappa shape index (κ3) is 5.32. The number of carbonyl (C=O) groups is 1. The van der Waals surface area contributed by atoms with Gasteiger partial charge >= 0.3 is 6.09 Å². The van der Waals surface area contributed by atoms with E-state index in [1.165, 1.54) is 4.90 Å². The molecule has 0 bridgehead atoms. The van der Waals surface area contributed by atoms with E-state index in [-0.39, 0.29) is 18.7 Å². The molecule has 0 rings (SSSR count). The Kier molecular flexibility index (Phi) is 5.75. The molecular weight excluding hydrogens is 208 g/mol. The molecule has 2 atom stereocenters. The molecule has 0 aromatic heterocycles. The largest absolute Gasteiger partial charge is 0.444 e. The van der Waals surface area contributed by atoms with Crippen LogP contribution in [0.3, 0.4) is 0 Å². The summed E-state index contributed by atoms with van der Waals surface area (Å²) in [5, 5.41) is 8.78. The highest BCUT2D eigenvalue weighted by molar-refractivity contribution is 5.68. The van der Waals surface area contributed by atoms with Crippen molar-refractivity contribution in [1.82, 2.24) is 4.90 Å². The molecule has 5 nitrogen and oxygen atoms in total. The van der Waals surface area contributed by atoms with Crippen molar-refractivity contribution in [3.8, 4) is 0 Å². The third-order valence-corrected chi connectivity index (χ3v) is 2.37. The van der Waals surface area contributed by atoms with Gasteiger partial charge in [0.15, 0.2) is 0 Å². The first kappa shape index (κ1) is 15.2. The van der Waals surface area contributed by atoms with Gasteiger partial charge in [0.2, 0.25) is 0 Å². The van der Waals surface area contributed by atoms with Crippen LogP contribution in [-0.4, -0.2) is 47.4 Å². The molecule has 3 N–H and O–H groups in total. The topological polar surface area (TPSA) is 75.8 Å². The molecule has 0 aliphatic heterocycles. The number of carbonyl (C=O) groups excluding carboxylic acids is 1. The highest BCUT2D eigenvalue weighted by Crippen LogP contribution is 2.12. The van der Waals surface area contributed by atoms with E-state index in [2.05, 4.69) is 0 Å². The predicted molar refractivity (Wildman–Crippen MR) is 63.1 cm³/mol. The van der Waals surface area contributed by atoms with Crippen LogP contribution in [0.1, 0.15) is 34.1 Å². The summed E-state index contributed by atoms with van der Waals surface area (Å²) in [5.41, 5.74) is 5.31. The number of hydrogen-bond acceptors (Lipinski definition) is 4. The van der Waals surface area contributed by atoms with E-state index < -0.39 is 11.7 Å². The molecular formula is C11H24N2O3. The van der Waals surface area contributed by atoms with Crippen molar-refractivity contribution in [2.45, 2.75) is 51.8 Å². The number of nitrogens with zero attached hydrogens (tertiary/aromatic N) is 1. The number of rotatable bonds is 4. The Bertz CT molecular complexity index is 226. The number of aliphatic hydroxyl groups excluding tert-OH is 1. The Hall–Kier alpha value is -0.810. The Morgan fingerprint density at radius 2 is 2.00 bits per heavy atom. The fourth-order valence-electron chi connectivity index (χ4n) is 1.18. The molecule has 0 aromatic rings. The molecule has 0 saturated carbocycles. The van der Waals surface area contributed by atoms with Crippen LogP contribution >= 0.6 is 0 Å². The van der Waals surface area contributed by atoms with E-state index in [0.717, 1.165) is 0 Å². The average Bonchev–Trinajstić information content (AvgIpc) is 2.13. The first-order valence-corrected chi connectivity index (χ1v) is 5.51. The van der Waals surface area contributed by atoms with Crippen LogP contribution in [0.2, 0.25) is 0 Å². The van der Waals surface area contributed by atoms with E-state index in [4.69, 9.17) is 15.6 Å². The van der Waals surface area contributed by atoms with Crippen molar-refractivity contribution in [1.29, 1.82) is 0 Å². The van der Waals surface area contributed by atoms with Gasteiger partial charge in [-0.15, -0.1) is 0 Å². The zero-order valence-electron chi connectivity index (χ0n) is 10.9. The smallest absolute Gasteiger partial charge is 0.410 e. The fraction of sp³-hybridized carbons (Fsp3) is 0.909. The standard InChI is InChI=1S/C11H24N2O3/c1-8(9(12)6-7-14)13(5)10(15)16-11(2,3)4/h8-9,14H,6-7,12H2,1-5H3. The number of amides is 1. The monoisotopic (exact) mass is 232 g/mol. The molecule has 96 valence electrons. The normalized spacial score (nSPS) is 15.4. The number of aliphatic hydroxyl groups is 1. The minimum atomic E-state index is -0.508. The van der Waals surface area contributed by atoms with Gasteiger partial charge in [0.1, 0.15) is 5.60 Å². The van der Waals surface area contributed by atoms with Gasteiger partial charge in [-0.1, -0.05) is 0 Å². The van der Waals surface area contributed by atoms with Crippen LogP contribution in [0.5, 0.6) is 0 Å². The molecule has 0 radical (unpaired) electrons. The summed E-state index contributed by atoms with van der Waals surface area (Å²) in [4.78, 5) is 13.2. The first-order valence-electron chi connectivity index (χ1n) is 5.51. The molecule has 0 heterocycles. The summed E-state index contributed by atoms with van der Waals surface area (Å²) in [6, 6.07) is -0.412. The van der Waals surface area contributed by atoms with Crippen LogP contribution in [0.25, 0.3) is 0 Å². The maximum absolute atomic E-state index is 11.7. The highest BCUT2D eigenvalue weighted by Gasteiger charge is 2.25. The maximum Gasteiger partial charge on any atom is 0.410 e. The molecule has 2 unspecified atom stereocenters. The zero-order valence-corrected chi connectivity index (χ0v) is 10.9. The summed E-state index contributed by atoms with van der Waals surface area (Å²) >= 11 is 0. The number of hydrogen-bond donors (Lipinski definition) is 2. The number of likely N-dealkylation sites (N-methyl/N-ethyl adjacent to an activating group) is 1. The average molecular weight is 232 g/mol. The molecule has 0 spiro atoms. The van der Waals surface area contributed by atoms with E-state index >= 15 is 0 Å². The summed E-state index contributed by atoms with van der Waals surface area (Å²) in [6.07, 6.45) is 0.0716. The summed E-state index contributed by atoms with van der Waals surface area (Å²) in [6.45, 7) is 7.31. The van der Waals surface area contributed by atoms with Crippen molar-refractivity contribution in [3.63, 3.8) is 0 Å². The second-order valence-corrected chi connectivity index (χ2v) is 5.01. The number of ether oxygens (including phenoxy) is 1. The molecule has 1 amide bonds. The molecule has 0 aromatic carbocycles. The Morgan fingerprint density at radius 1 is 1.50 bits per heavy atom. The Balaban J connectivity index is 4.32. The lowest BCUT2D eigenvalue weighted by Crippen LogP contribution is -2.48. The second kappa shape index (κ2) is 6.06. The maximum atomic E-state index is 11.7. The van der Waals surface area contributed by atoms with E-state index in [9.17, 15) is 4.79 Å². The minimum absolute atomic E-state index is 0.0215. The van der Waals surface area contributed by atoms with Crippen molar-refractivity contribution >= 4 is 6.09 Å². The van der Waals surface area contributed by atoms with Gasteiger partial charge < -0.3 is 20.5 Å². The van der Waals surface area contributed by atoms with Crippen LogP contribution in [0.4, 0.5) is 4.79 Å². The summed E-state index contributed by atoms with van der Waals surface area (Å²) in [7, 11) is 1.65. The van der Waals surface area contributed by atoms with Crippen LogP contribution < -0.4 is 5.73 Å². The minimum Gasteiger partial charge on any atom is -0.444 e. The van der Waals surface area contributed by atoms with Gasteiger partial charge in [0.05, 0.1) is 0 Å². The van der Waals surface area contributed by atoms with E-state index in [1.807, 2.05) is 27.7 Å². The molecule has 0 aliphatic rings. The van der Waals surface area contributed by atoms with Crippen LogP contribution in [0, 0.1) is 0 Å². The zero-order chi connectivity index (χ0) is 12.9. The van der Waals surface area contributed by atoms with Gasteiger partial charge in [-0.3, -0.25) is 0 Å². The van der Waals surface area contributed by atoms with E-state index in [0.29, 0.717) is 6.42 Å². The van der Waals surface area contributed by atoms with Gasteiger partial charge in [-0.05, 0) is 34.1 Å². The number of nitrogens with two attached hydrogens (primary N) is 1. The van der Waals surface area contributed by atoms with Crippen molar-refractivity contribution < 1.29 is 14.6 Å². The second-order valence-electron chi connectivity index (χ2n) is 5.01. The Morgan fingerprint density at radius 3 is 2.38 bits per heavy atom. The molecule has 16 heavy (non-hydrogen) atoms. The quantitative estimate of drug-likeness (QED) is 0.756. The SMILES string of the molecule is CC(C(N)CCO)N(C)C(=O)OC(C)(C)C. The highest BCUT2D eigenvalue weighted by atomic mass is 16.6. The molecule has 0 aliphatic carbocycles. The van der Waals surface area contributed by atoms with Crippen LogP contribution in [0.15, 0.2) is 0 Å². The lowest BCUT2D eigenvalue weighted by molar-refractivity contribution is 0.0208. The van der Waals surface area contributed by atoms with Crippen molar-refractivity contribution in [2.75, 3.05) is 13.7 Å². The van der Waals surface area contributed by atoms with Gasteiger partial charge in [-0.25, -0.2) is 4.79 Å². The fourth-order valence-corrected chi connectivity index (χ4v) is 1.18. The lowest BCUT2D eigenvalue weighted by Gasteiger charge is -2.31. The third-order valence-electron chi connectivity index (χ3n) is 2.37. The summed E-state index contributed by atoms with van der Waals surface area (Å²) in [5.74, 6) is 0. The van der Waals surface area contributed by atoms with Gasteiger partial charge in [0, 0.05) is 25.7 Å². The molecule has 5 heteroatoms. The van der Waals surface area contributed by atoms with Crippen molar-refractivity contribution in [3.05, 3.63) is 0 Å². The Labute approximate surface area is 97.6 Å².